The van der Waals surface area contributed by atoms with Gasteiger partial charge in [0.25, 0.3) is 0 Å². The van der Waals surface area contributed by atoms with Gasteiger partial charge in [0, 0.05) is 5.41 Å². The highest BCUT2D eigenvalue weighted by atomic mass is 16.5. The first-order chi connectivity index (χ1) is 13.9. The first-order valence-corrected chi connectivity index (χ1v) is 11.3. The van der Waals surface area contributed by atoms with Gasteiger partial charge in [-0.1, -0.05) is 81.3 Å². The summed E-state index contributed by atoms with van der Waals surface area (Å²) in [6, 6.07) is 10.4. The van der Waals surface area contributed by atoms with Crippen LogP contribution >= 0.6 is 0 Å². The highest BCUT2D eigenvalue weighted by molar-refractivity contribution is 5.46. The van der Waals surface area contributed by atoms with Crippen molar-refractivity contribution in [1.82, 2.24) is 0 Å². The van der Waals surface area contributed by atoms with Crippen molar-refractivity contribution >= 4 is 0 Å². The summed E-state index contributed by atoms with van der Waals surface area (Å²) in [4.78, 5) is 0. The van der Waals surface area contributed by atoms with Crippen LogP contribution in [-0.2, 0) is 11.3 Å². The number of aliphatic hydroxyl groups is 1. The molecule has 0 fully saturated rings. The van der Waals surface area contributed by atoms with Crippen molar-refractivity contribution in [2.45, 2.75) is 66.1 Å². The lowest BCUT2D eigenvalue weighted by molar-refractivity contribution is 0.0865. The predicted molar refractivity (Wildman–Crippen MR) is 119 cm³/mol. The SMILES string of the molecule is CC(C)C1=C2C[C@@H](O)C(C)[C@@H]3CC=C(COCc4ccccc4)/C3=C/C2(C)CC1. The Morgan fingerprint density at radius 3 is 2.66 bits per heavy atom. The van der Waals surface area contributed by atoms with Gasteiger partial charge < -0.3 is 9.84 Å². The predicted octanol–water partition coefficient (Wildman–Crippen LogP) is 6.23. The quantitative estimate of drug-likeness (QED) is 0.602. The Bertz CT molecular complexity index is 829. The number of aliphatic hydroxyl groups excluding tert-OH is 1. The molecule has 1 aromatic rings. The number of hydrogen-bond acceptors (Lipinski definition) is 2. The molecule has 0 amide bonds. The van der Waals surface area contributed by atoms with Crippen LogP contribution in [0.25, 0.3) is 0 Å². The minimum Gasteiger partial charge on any atom is -0.392 e. The van der Waals surface area contributed by atoms with E-state index in [1.54, 1.807) is 5.57 Å². The lowest BCUT2D eigenvalue weighted by atomic mass is 9.70. The van der Waals surface area contributed by atoms with E-state index in [0.29, 0.717) is 25.0 Å². The Hall–Kier alpha value is -1.64. The maximum Gasteiger partial charge on any atom is 0.0721 e. The molecule has 0 aliphatic heterocycles. The van der Waals surface area contributed by atoms with Crippen LogP contribution in [0.5, 0.6) is 0 Å². The van der Waals surface area contributed by atoms with Gasteiger partial charge in [0.2, 0.25) is 0 Å². The number of fused-ring (bicyclic) bond motifs is 2. The molecule has 29 heavy (non-hydrogen) atoms. The molecule has 0 radical (unpaired) electrons. The second-order valence-corrected chi connectivity index (χ2v) is 9.86. The van der Waals surface area contributed by atoms with Crippen molar-refractivity contribution in [3.63, 3.8) is 0 Å². The van der Waals surface area contributed by atoms with Crippen LogP contribution < -0.4 is 0 Å². The Kier molecular flexibility index (Phi) is 5.86. The third kappa shape index (κ3) is 4.02. The standard InChI is InChI=1S/C27H36O2/c1-18(2)22-12-13-27(4)15-24-21(17-29-16-20-8-6-5-7-9-20)10-11-23(24)19(3)26(28)14-25(22)27/h5-10,15,18-19,23,26,28H,11-14,16-17H2,1-4H3/b24-15-/t19?,23-,26+,27?/m0/s1. The summed E-state index contributed by atoms with van der Waals surface area (Å²) in [5, 5.41) is 11.1. The molecule has 3 aliphatic carbocycles. The van der Waals surface area contributed by atoms with Crippen LogP contribution in [-0.4, -0.2) is 17.8 Å². The molecule has 4 atom stereocenters. The summed E-state index contributed by atoms with van der Waals surface area (Å²) in [7, 11) is 0. The molecule has 4 rings (SSSR count). The Labute approximate surface area is 176 Å². The zero-order valence-corrected chi connectivity index (χ0v) is 18.4. The van der Waals surface area contributed by atoms with Crippen LogP contribution in [0.3, 0.4) is 0 Å². The highest BCUT2D eigenvalue weighted by Crippen LogP contribution is 2.53. The molecule has 1 aromatic carbocycles. The molecule has 0 saturated carbocycles. The third-order valence-electron chi connectivity index (χ3n) is 7.57. The van der Waals surface area contributed by atoms with Crippen LogP contribution in [0.15, 0.2) is 64.8 Å². The summed E-state index contributed by atoms with van der Waals surface area (Å²) in [5.41, 5.74) is 7.16. The normalized spacial score (nSPS) is 33.7. The van der Waals surface area contributed by atoms with Gasteiger partial charge in [0.05, 0.1) is 19.3 Å². The van der Waals surface area contributed by atoms with Crippen molar-refractivity contribution in [1.29, 1.82) is 0 Å². The average molecular weight is 393 g/mol. The monoisotopic (exact) mass is 392 g/mol. The van der Waals surface area contributed by atoms with Gasteiger partial charge in [-0.3, -0.25) is 0 Å². The lowest BCUT2D eigenvalue weighted by Gasteiger charge is -2.36. The van der Waals surface area contributed by atoms with Crippen LogP contribution in [0.4, 0.5) is 0 Å². The fraction of sp³-hybridized carbons (Fsp3) is 0.556. The Balaban J connectivity index is 1.59. The van der Waals surface area contributed by atoms with Crippen molar-refractivity contribution in [2.75, 3.05) is 6.61 Å². The lowest BCUT2D eigenvalue weighted by Crippen LogP contribution is -2.31. The van der Waals surface area contributed by atoms with E-state index >= 15 is 0 Å². The van der Waals surface area contributed by atoms with Gasteiger partial charge in [0.1, 0.15) is 0 Å². The van der Waals surface area contributed by atoms with E-state index in [1.165, 1.54) is 35.1 Å². The molecule has 2 heteroatoms. The summed E-state index contributed by atoms with van der Waals surface area (Å²) in [5.74, 6) is 1.26. The van der Waals surface area contributed by atoms with Gasteiger partial charge in [-0.05, 0) is 60.1 Å². The zero-order valence-electron chi connectivity index (χ0n) is 18.4. The topological polar surface area (TPSA) is 29.5 Å². The van der Waals surface area contributed by atoms with Gasteiger partial charge in [-0.25, -0.2) is 0 Å². The molecule has 0 saturated heterocycles. The van der Waals surface area contributed by atoms with E-state index in [1.807, 2.05) is 6.07 Å². The van der Waals surface area contributed by atoms with Crippen LogP contribution in [0, 0.1) is 23.2 Å². The number of rotatable bonds is 5. The number of ether oxygens (including phenoxy) is 1. The van der Waals surface area contributed by atoms with Gasteiger partial charge >= 0.3 is 0 Å². The van der Waals surface area contributed by atoms with Crippen LogP contribution in [0.2, 0.25) is 0 Å². The number of allylic oxidation sites excluding steroid dienone is 3. The summed E-state index contributed by atoms with van der Waals surface area (Å²) in [6.45, 7) is 10.5. The van der Waals surface area contributed by atoms with Crippen molar-refractivity contribution < 1.29 is 9.84 Å². The first-order valence-electron chi connectivity index (χ1n) is 11.3. The number of hydrogen-bond donors (Lipinski definition) is 1. The molecular weight excluding hydrogens is 356 g/mol. The van der Waals surface area contributed by atoms with Crippen LogP contribution in [0.1, 0.15) is 58.9 Å². The van der Waals surface area contributed by atoms with E-state index in [9.17, 15) is 5.11 Å². The fourth-order valence-corrected chi connectivity index (χ4v) is 5.68. The molecule has 0 aromatic heterocycles. The smallest absolute Gasteiger partial charge is 0.0721 e. The summed E-state index contributed by atoms with van der Waals surface area (Å²) in [6.07, 6.45) is 8.87. The highest BCUT2D eigenvalue weighted by Gasteiger charge is 2.43. The molecule has 0 heterocycles. The molecule has 0 bridgehead atoms. The summed E-state index contributed by atoms with van der Waals surface area (Å²) < 4.78 is 6.11. The van der Waals surface area contributed by atoms with Crippen molar-refractivity contribution in [3.05, 3.63) is 70.3 Å². The van der Waals surface area contributed by atoms with E-state index in [4.69, 9.17) is 4.74 Å². The van der Waals surface area contributed by atoms with Gasteiger partial charge in [0.15, 0.2) is 0 Å². The molecule has 1 N–H and O–H groups in total. The average Bonchev–Trinajstić information content (AvgIpc) is 3.23. The Morgan fingerprint density at radius 1 is 1.17 bits per heavy atom. The van der Waals surface area contributed by atoms with Crippen molar-refractivity contribution in [3.8, 4) is 0 Å². The van der Waals surface area contributed by atoms with E-state index in [0.717, 1.165) is 12.8 Å². The maximum atomic E-state index is 11.1. The molecule has 3 aliphatic rings. The molecule has 2 nitrogen and oxygen atoms in total. The molecule has 0 spiro atoms. The molecular formula is C27H36O2. The van der Waals surface area contributed by atoms with E-state index in [-0.39, 0.29) is 17.4 Å². The van der Waals surface area contributed by atoms with Gasteiger partial charge in [-0.2, -0.15) is 0 Å². The third-order valence-corrected chi connectivity index (χ3v) is 7.57. The minimum absolute atomic E-state index is 0.0805. The maximum absolute atomic E-state index is 11.1. The largest absolute Gasteiger partial charge is 0.392 e. The second-order valence-electron chi connectivity index (χ2n) is 9.86. The zero-order chi connectivity index (χ0) is 20.6. The number of benzene rings is 1. The van der Waals surface area contributed by atoms with Gasteiger partial charge in [-0.15, -0.1) is 0 Å². The fourth-order valence-electron chi connectivity index (χ4n) is 5.68. The van der Waals surface area contributed by atoms with E-state index < -0.39 is 0 Å². The first kappa shape index (κ1) is 20.6. The van der Waals surface area contributed by atoms with E-state index in [2.05, 4.69) is 64.1 Å². The van der Waals surface area contributed by atoms with Crippen molar-refractivity contribution in [2.24, 2.45) is 23.2 Å². The second kappa shape index (κ2) is 8.24. The minimum atomic E-state index is -0.261. The molecule has 156 valence electrons. The molecule has 2 unspecified atom stereocenters. The summed E-state index contributed by atoms with van der Waals surface area (Å²) >= 11 is 0. The Morgan fingerprint density at radius 2 is 1.93 bits per heavy atom.